The van der Waals surface area contributed by atoms with E-state index in [4.69, 9.17) is 0 Å². The molecule has 0 unspecified atom stereocenters. The summed E-state index contributed by atoms with van der Waals surface area (Å²) in [7, 11) is -3.43. The number of carbonyl (C=O) groups is 1. The van der Waals surface area contributed by atoms with E-state index in [9.17, 15) is 13.2 Å². The molecule has 3 rings (SSSR count). The Hall–Kier alpha value is -2.67. The van der Waals surface area contributed by atoms with Gasteiger partial charge in [-0.15, -0.1) is 0 Å². The molecule has 25 heavy (non-hydrogen) atoms. The summed E-state index contributed by atoms with van der Waals surface area (Å²) >= 11 is 0. The fourth-order valence-electron chi connectivity index (χ4n) is 2.56. The number of aromatic nitrogens is 2. The fraction of sp³-hybridized carbons (Fsp3) is 0.222. The van der Waals surface area contributed by atoms with Crippen molar-refractivity contribution >= 4 is 21.3 Å². The Bertz CT molecular complexity index is 965. The zero-order valence-corrected chi connectivity index (χ0v) is 14.4. The lowest BCUT2D eigenvalue weighted by Crippen LogP contribution is -2.28. The van der Waals surface area contributed by atoms with Gasteiger partial charge in [-0.25, -0.2) is 13.4 Å². The average molecular weight is 357 g/mol. The van der Waals surface area contributed by atoms with E-state index in [0.717, 1.165) is 11.3 Å². The fourth-order valence-corrected chi connectivity index (χ4v) is 3.82. The number of benzene rings is 1. The van der Waals surface area contributed by atoms with Gasteiger partial charge in [0.1, 0.15) is 5.82 Å². The number of hydrogen-bond acceptors (Lipinski definition) is 4. The smallest absolute Gasteiger partial charge is 0.221 e. The molecule has 0 radical (unpaired) electrons. The number of rotatable bonds is 7. The average Bonchev–Trinajstić information content (AvgIpc) is 3.04. The van der Waals surface area contributed by atoms with Crippen molar-refractivity contribution in [1.82, 2.24) is 14.7 Å². The van der Waals surface area contributed by atoms with E-state index in [2.05, 4.69) is 10.3 Å². The first-order chi connectivity index (χ1) is 12.1. The van der Waals surface area contributed by atoms with Crippen LogP contribution in [-0.4, -0.2) is 36.0 Å². The number of nitrogens with zero attached hydrogens (tertiary/aromatic N) is 2. The largest absolute Gasteiger partial charge is 0.356 e. The van der Waals surface area contributed by atoms with E-state index < -0.39 is 9.84 Å². The molecule has 0 saturated carbocycles. The van der Waals surface area contributed by atoms with Gasteiger partial charge >= 0.3 is 0 Å². The van der Waals surface area contributed by atoms with Crippen LogP contribution in [0.1, 0.15) is 12.2 Å². The molecule has 1 N–H and O–H groups in total. The summed E-state index contributed by atoms with van der Waals surface area (Å²) in [6.45, 7) is 0.415. The van der Waals surface area contributed by atoms with E-state index >= 15 is 0 Å². The van der Waals surface area contributed by atoms with Crippen molar-refractivity contribution in [3.8, 4) is 0 Å². The Morgan fingerprint density at radius 3 is 2.64 bits per heavy atom. The number of amides is 1. The van der Waals surface area contributed by atoms with Crippen LogP contribution >= 0.6 is 0 Å². The SMILES string of the molecule is O=C(CCS(=O)(=O)c1ccccc1)NCCc1ncc2ccccn12. The van der Waals surface area contributed by atoms with Crippen molar-refractivity contribution in [3.63, 3.8) is 0 Å². The number of pyridine rings is 1. The van der Waals surface area contributed by atoms with Gasteiger partial charge in [-0.1, -0.05) is 24.3 Å². The Labute approximate surface area is 146 Å². The Kier molecular flexibility index (Phi) is 5.14. The Morgan fingerprint density at radius 2 is 1.84 bits per heavy atom. The van der Waals surface area contributed by atoms with Gasteiger partial charge in [0.05, 0.1) is 22.4 Å². The maximum absolute atomic E-state index is 12.2. The lowest BCUT2D eigenvalue weighted by atomic mass is 10.3. The van der Waals surface area contributed by atoms with Crippen molar-refractivity contribution in [2.45, 2.75) is 17.7 Å². The minimum atomic E-state index is -3.43. The van der Waals surface area contributed by atoms with Crippen LogP contribution in [0.2, 0.25) is 0 Å². The van der Waals surface area contributed by atoms with Crippen molar-refractivity contribution in [2.24, 2.45) is 0 Å². The van der Waals surface area contributed by atoms with Crippen molar-refractivity contribution in [3.05, 3.63) is 66.7 Å². The molecule has 7 heteroatoms. The van der Waals surface area contributed by atoms with Crippen LogP contribution in [0.4, 0.5) is 0 Å². The van der Waals surface area contributed by atoms with E-state index in [1.807, 2.05) is 28.8 Å². The summed E-state index contributed by atoms with van der Waals surface area (Å²) in [6.07, 6.45) is 4.23. The number of hydrogen-bond donors (Lipinski definition) is 1. The minimum Gasteiger partial charge on any atom is -0.356 e. The first-order valence-electron chi connectivity index (χ1n) is 8.02. The van der Waals surface area contributed by atoms with Gasteiger partial charge in [0.2, 0.25) is 5.91 Å². The molecule has 130 valence electrons. The number of sulfone groups is 1. The molecule has 1 aromatic carbocycles. The third kappa shape index (κ3) is 4.24. The van der Waals surface area contributed by atoms with E-state index in [1.165, 1.54) is 12.1 Å². The second-order valence-electron chi connectivity index (χ2n) is 5.65. The molecule has 3 aromatic rings. The number of carbonyl (C=O) groups excluding carboxylic acids is 1. The maximum Gasteiger partial charge on any atom is 0.221 e. The Balaban J connectivity index is 1.49. The van der Waals surface area contributed by atoms with Crippen molar-refractivity contribution in [2.75, 3.05) is 12.3 Å². The standard InChI is InChI=1S/C18H19N3O3S/c22-18(10-13-25(23,24)16-7-2-1-3-8-16)19-11-9-17-20-14-15-6-4-5-12-21(15)17/h1-8,12,14H,9-11,13H2,(H,19,22). The lowest BCUT2D eigenvalue weighted by Gasteiger charge is -2.06. The van der Waals surface area contributed by atoms with E-state index in [-0.39, 0.29) is 23.0 Å². The minimum absolute atomic E-state index is 0.0560. The van der Waals surface area contributed by atoms with Gasteiger partial charge in [0, 0.05) is 25.6 Å². The Morgan fingerprint density at radius 1 is 1.08 bits per heavy atom. The molecule has 0 aliphatic heterocycles. The highest BCUT2D eigenvalue weighted by Gasteiger charge is 2.15. The topological polar surface area (TPSA) is 80.5 Å². The highest BCUT2D eigenvalue weighted by atomic mass is 32.2. The molecule has 0 aliphatic carbocycles. The molecule has 2 heterocycles. The van der Waals surface area contributed by atoms with Crippen LogP contribution in [0.25, 0.3) is 5.52 Å². The molecule has 0 saturated heterocycles. The van der Waals surface area contributed by atoms with Crippen LogP contribution in [0.5, 0.6) is 0 Å². The van der Waals surface area contributed by atoms with Crippen LogP contribution < -0.4 is 5.32 Å². The van der Waals surface area contributed by atoms with Crippen LogP contribution in [0, 0.1) is 0 Å². The molecular formula is C18H19N3O3S. The summed E-state index contributed by atoms with van der Waals surface area (Å²) in [4.78, 5) is 16.5. The predicted octanol–water partition coefficient (Wildman–Crippen LogP) is 1.86. The molecule has 2 aromatic heterocycles. The number of fused-ring (bicyclic) bond motifs is 1. The quantitative estimate of drug-likeness (QED) is 0.700. The van der Waals surface area contributed by atoms with Crippen molar-refractivity contribution in [1.29, 1.82) is 0 Å². The third-order valence-corrected chi connectivity index (χ3v) is 5.62. The van der Waals surface area contributed by atoms with Crippen LogP contribution in [0.15, 0.2) is 65.8 Å². The third-order valence-electron chi connectivity index (χ3n) is 3.89. The monoisotopic (exact) mass is 357 g/mol. The normalized spacial score (nSPS) is 11.5. The summed E-state index contributed by atoms with van der Waals surface area (Å²) in [5.41, 5.74) is 0.998. The molecule has 6 nitrogen and oxygen atoms in total. The lowest BCUT2D eigenvalue weighted by molar-refractivity contribution is -0.120. The summed E-state index contributed by atoms with van der Waals surface area (Å²) in [5, 5.41) is 2.75. The van der Waals surface area contributed by atoms with Crippen LogP contribution in [-0.2, 0) is 21.1 Å². The molecule has 0 bridgehead atoms. The zero-order chi connectivity index (χ0) is 17.7. The second-order valence-corrected chi connectivity index (χ2v) is 7.76. The van der Waals surface area contributed by atoms with Gasteiger partial charge in [0.25, 0.3) is 0 Å². The van der Waals surface area contributed by atoms with Gasteiger partial charge in [0.15, 0.2) is 9.84 Å². The highest BCUT2D eigenvalue weighted by Crippen LogP contribution is 2.11. The highest BCUT2D eigenvalue weighted by molar-refractivity contribution is 7.91. The number of imidazole rings is 1. The summed E-state index contributed by atoms with van der Waals surface area (Å²) < 4.78 is 26.3. The molecule has 0 aliphatic rings. The van der Waals surface area contributed by atoms with Gasteiger partial charge < -0.3 is 9.72 Å². The first-order valence-corrected chi connectivity index (χ1v) is 9.67. The molecule has 0 atom stereocenters. The molecule has 0 fully saturated rings. The second kappa shape index (κ2) is 7.48. The van der Waals surface area contributed by atoms with Crippen molar-refractivity contribution < 1.29 is 13.2 Å². The zero-order valence-electron chi connectivity index (χ0n) is 13.6. The molecular weight excluding hydrogens is 338 g/mol. The summed E-state index contributed by atoms with van der Waals surface area (Å²) in [5.74, 6) is 0.378. The predicted molar refractivity (Wildman–Crippen MR) is 95.0 cm³/mol. The summed E-state index contributed by atoms with van der Waals surface area (Å²) in [6, 6.07) is 14.0. The first kappa shape index (κ1) is 17.2. The van der Waals surface area contributed by atoms with Gasteiger partial charge in [-0.3, -0.25) is 4.79 Å². The van der Waals surface area contributed by atoms with E-state index in [1.54, 1.807) is 24.4 Å². The maximum atomic E-state index is 12.2. The van der Waals surface area contributed by atoms with E-state index in [0.29, 0.717) is 13.0 Å². The molecule has 1 amide bonds. The number of nitrogens with one attached hydrogen (secondary N) is 1. The van der Waals surface area contributed by atoms with Crippen LogP contribution in [0.3, 0.4) is 0 Å². The molecule has 0 spiro atoms. The van der Waals surface area contributed by atoms with Gasteiger partial charge in [-0.05, 0) is 24.3 Å². The van der Waals surface area contributed by atoms with Gasteiger partial charge in [-0.2, -0.15) is 0 Å².